The maximum atomic E-state index is 13.3. The first kappa shape index (κ1) is 25.0. The van der Waals surface area contributed by atoms with Crippen molar-refractivity contribution in [3.05, 3.63) is 78.0 Å². The van der Waals surface area contributed by atoms with Gasteiger partial charge in [-0.25, -0.2) is 4.98 Å². The van der Waals surface area contributed by atoms with E-state index in [1.54, 1.807) is 28.4 Å². The number of benzene rings is 3. The molecule has 2 aromatic heterocycles. The number of methoxy groups -OCH3 is 4. The summed E-state index contributed by atoms with van der Waals surface area (Å²) in [5.74, 6) is 2.27. The predicted octanol–water partition coefficient (Wildman–Crippen LogP) is 5.39. The van der Waals surface area contributed by atoms with Crippen molar-refractivity contribution >= 4 is 27.7 Å². The Morgan fingerprint density at radius 2 is 1.47 bits per heavy atom. The van der Waals surface area contributed by atoms with Crippen molar-refractivity contribution < 1.29 is 23.7 Å². The summed E-state index contributed by atoms with van der Waals surface area (Å²) in [6.45, 7) is 0.438. The number of pyridine rings is 1. The number of carbonyl (C=O) groups excluding carboxylic acids is 1. The summed E-state index contributed by atoms with van der Waals surface area (Å²) in [6.07, 6.45) is 0.629. The van der Waals surface area contributed by atoms with E-state index in [2.05, 4.69) is 10.3 Å². The summed E-state index contributed by atoms with van der Waals surface area (Å²) in [4.78, 5) is 21.6. The molecular weight excluding hydrogens is 482 g/mol. The van der Waals surface area contributed by atoms with Gasteiger partial charge in [0.15, 0.2) is 23.0 Å². The lowest BCUT2D eigenvalue weighted by molar-refractivity contribution is 0.0949. The first-order valence-corrected chi connectivity index (χ1v) is 12.2. The Balaban J connectivity index is 1.48. The lowest BCUT2D eigenvalue weighted by Gasteiger charge is -2.12. The second kappa shape index (κ2) is 10.7. The number of hydrogen-bond donors (Lipinski definition) is 2. The molecule has 8 nitrogen and oxygen atoms in total. The van der Waals surface area contributed by atoms with Crippen LogP contribution in [-0.4, -0.2) is 50.9 Å². The van der Waals surface area contributed by atoms with Crippen molar-refractivity contribution in [2.24, 2.45) is 0 Å². The van der Waals surface area contributed by atoms with Crippen molar-refractivity contribution in [1.82, 2.24) is 15.3 Å². The van der Waals surface area contributed by atoms with E-state index in [1.165, 1.54) is 0 Å². The molecule has 5 aromatic rings. The second-order valence-electron chi connectivity index (χ2n) is 8.71. The Hall–Kier alpha value is -4.72. The van der Waals surface area contributed by atoms with E-state index in [0.29, 0.717) is 47.4 Å². The standard InChI is InChI=1S/C30H29N3O5/c1-35-24-11-9-18(15-26(24)37-3)13-14-31-30(34)23-17-21-20-7-5-6-8-22(20)32-29(21)28(33-23)19-10-12-25(36-2)27(16-19)38-4/h5-12,15-17,32H,13-14H2,1-4H3,(H,31,34). The fraction of sp³-hybridized carbons (Fsp3) is 0.200. The molecule has 0 unspecified atom stereocenters. The highest BCUT2D eigenvalue weighted by molar-refractivity contribution is 6.13. The normalized spacial score (nSPS) is 10.9. The van der Waals surface area contributed by atoms with E-state index in [0.717, 1.165) is 32.9 Å². The van der Waals surface area contributed by atoms with Crippen LogP contribution >= 0.6 is 0 Å². The molecule has 2 N–H and O–H groups in total. The van der Waals surface area contributed by atoms with Gasteiger partial charge in [0.05, 0.1) is 39.6 Å². The third-order valence-electron chi connectivity index (χ3n) is 6.53. The van der Waals surface area contributed by atoms with Crippen molar-refractivity contribution in [2.45, 2.75) is 6.42 Å². The minimum Gasteiger partial charge on any atom is -0.493 e. The molecule has 0 aliphatic carbocycles. The molecule has 2 heterocycles. The average molecular weight is 512 g/mol. The van der Waals surface area contributed by atoms with E-state index in [1.807, 2.05) is 66.7 Å². The highest BCUT2D eigenvalue weighted by Crippen LogP contribution is 2.36. The summed E-state index contributed by atoms with van der Waals surface area (Å²) in [5, 5.41) is 4.95. The molecule has 0 spiro atoms. The summed E-state index contributed by atoms with van der Waals surface area (Å²) >= 11 is 0. The minimum atomic E-state index is -0.251. The van der Waals surface area contributed by atoms with Gasteiger partial charge >= 0.3 is 0 Å². The number of rotatable bonds is 9. The number of fused-ring (bicyclic) bond motifs is 3. The molecule has 0 saturated carbocycles. The zero-order valence-corrected chi connectivity index (χ0v) is 21.8. The molecule has 1 amide bonds. The molecule has 0 atom stereocenters. The third-order valence-corrected chi connectivity index (χ3v) is 6.53. The predicted molar refractivity (Wildman–Crippen MR) is 148 cm³/mol. The molecule has 0 radical (unpaired) electrons. The smallest absolute Gasteiger partial charge is 0.269 e. The Labute approximate surface area is 220 Å². The number of carbonyl (C=O) groups is 1. The molecule has 0 bridgehead atoms. The van der Waals surface area contributed by atoms with Crippen molar-refractivity contribution in [3.8, 4) is 34.3 Å². The van der Waals surface area contributed by atoms with E-state index < -0.39 is 0 Å². The van der Waals surface area contributed by atoms with Crippen molar-refractivity contribution in [2.75, 3.05) is 35.0 Å². The number of H-pyrrole nitrogens is 1. The molecule has 194 valence electrons. The zero-order valence-electron chi connectivity index (χ0n) is 21.8. The molecular formula is C30H29N3O5. The molecule has 5 rings (SSSR count). The van der Waals surface area contributed by atoms with Crippen LogP contribution in [0.4, 0.5) is 0 Å². The Morgan fingerprint density at radius 1 is 0.789 bits per heavy atom. The van der Waals surface area contributed by atoms with Gasteiger partial charge in [-0.2, -0.15) is 0 Å². The van der Waals surface area contributed by atoms with Gasteiger partial charge in [-0.1, -0.05) is 24.3 Å². The van der Waals surface area contributed by atoms with Gasteiger partial charge in [0, 0.05) is 28.4 Å². The molecule has 0 fully saturated rings. The summed E-state index contributed by atoms with van der Waals surface area (Å²) in [5.41, 5.74) is 4.63. The highest BCUT2D eigenvalue weighted by atomic mass is 16.5. The highest BCUT2D eigenvalue weighted by Gasteiger charge is 2.18. The quantitative estimate of drug-likeness (QED) is 0.276. The Morgan fingerprint density at radius 3 is 2.21 bits per heavy atom. The number of ether oxygens (including phenoxy) is 4. The molecule has 38 heavy (non-hydrogen) atoms. The van der Waals surface area contributed by atoms with Gasteiger partial charge < -0.3 is 29.2 Å². The van der Waals surface area contributed by atoms with Crippen LogP contribution in [0, 0.1) is 0 Å². The topological polar surface area (TPSA) is 94.7 Å². The van der Waals surface area contributed by atoms with Crippen LogP contribution in [0.15, 0.2) is 66.7 Å². The Kier molecular flexibility index (Phi) is 7.04. The summed E-state index contributed by atoms with van der Waals surface area (Å²) in [6, 6.07) is 21.2. The molecule has 8 heteroatoms. The van der Waals surface area contributed by atoms with Crippen LogP contribution in [0.2, 0.25) is 0 Å². The van der Waals surface area contributed by atoms with Crippen molar-refractivity contribution in [1.29, 1.82) is 0 Å². The first-order valence-electron chi connectivity index (χ1n) is 12.2. The van der Waals surface area contributed by atoms with Crippen LogP contribution < -0.4 is 24.3 Å². The maximum absolute atomic E-state index is 13.3. The number of aromatic nitrogens is 2. The summed E-state index contributed by atoms with van der Waals surface area (Å²) in [7, 11) is 6.39. The summed E-state index contributed by atoms with van der Waals surface area (Å²) < 4.78 is 21.6. The molecule has 0 aliphatic rings. The van der Waals surface area contributed by atoms with Crippen LogP contribution in [0.3, 0.4) is 0 Å². The average Bonchev–Trinajstić information content (AvgIpc) is 3.34. The molecule has 3 aromatic carbocycles. The van der Waals surface area contributed by atoms with Crippen LogP contribution in [0.1, 0.15) is 16.1 Å². The van der Waals surface area contributed by atoms with Gasteiger partial charge in [-0.05, 0) is 54.4 Å². The van der Waals surface area contributed by atoms with E-state index in [9.17, 15) is 4.79 Å². The van der Waals surface area contributed by atoms with Gasteiger partial charge in [-0.15, -0.1) is 0 Å². The lowest BCUT2D eigenvalue weighted by Crippen LogP contribution is -2.26. The van der Waals surface area contributed by atoms with Gasteiger partial charge in [0.25, 0.3) is 5.91 Å². The molecule has 0 aliphatic heterocycles. The van der Waals surface area contributed by atoms with Crippen LogP contribution in [0.25, 0.3) is 33.1 Å². The number of nitrogens with one attached hydrogen (secondary N) is 2. The van der Waals surface area contributed by atoms with Gasteiger partial charge in [-0.3, -0.25) is 4.79 Å². The number of aromatic amines is 1. The van der Waals surface area contributed by atoms with E-state index >= 15 is 0 Å². The minimum absolute atomic E-state index is 0.251. The van der Waals surface area contributed by atoms with Crippen LogP contribution in [0.5, 0.6) is 23.0 Å². The zero-order chi connectivity index (χ0) is 26.6. The van der Waals surface area contributed by atoms with Gasteiger partial charge in [0.1, 0.15) is 5.69 Å². The number of amides is 1. The number of nitrogens with zero attached hydrogens (tertiary/aromatic N) is 1. The van der Waals surface area contributed by atoms with Gasteiger partial charge in [0.2, 0.25) is 0 Å². The van der Waals surface area contributed by atoms with E-state index in [-0.39, 0.29) is 5.91 Å². The SMILES string of the molecule is COc1ccc(CCNC(=O)c2cc3c([nH]c4ccccc43)c(-c3ccc(OC)c(OC)c3)n2)cc1OC. The Bertz CT molecular complexity index is 1630. The van der Waals surface area contributed by atoms with Crippen LogP contribution in [-0.2, 0) is 6.42 Å². The fourth-order valence-electron chi connectivity index (χ4n) is 4.60. The second-order valence-corrected chi connectivity index (χ2v) is 8.71. The first-order chi connectivity index (χ1) is 18.6. The van der Waals surface area contributed by atoms with Crippen molar-refractivity contribution in [3.63, 3.8) is 0 Å². The monoisotopic (exact) mass is 511 g/mol. The fourth-order valence-corrected chi connectivity index (χ4v) is 4.60. The number of para-hydroxylation sites is 1. The number of hydrogen-bond acceptors (Lipinski definition) is 6. The lowest BCUT2D eigenvalue weighted by atomic mass is 10.1. The maximum Gasteiger partial charge on any atom is 0.269 e. The third kappa shape index (κ3) is 4.68. The largest absolute Gasteiger partial charge is 0.493 e. The molecule has 0 saturated heterocycles. The van der Waals surface area contributed by atoms with E-state index in [4.69, 9.17) is 23.9 Å².